The molecule has 2 heterocycles. The Balaban J connectivity index is 1.51. The Bertz CT molecular complexity index is 778. The number of ether oxygens (including phenoxy) is 2. The minimum Gasteiger partial charge on any atom is -0.497 e. The Morgan fingerprint density at radius 3 is 2.81 bits per heavy atom. The summed E-state index contributed by atoms with van der Waals surface area (Å²) in [6.45, 7) is 5.99. The van der Waals surface area contributed by atoms with Gasteiger partial charge in [-0.3, -0.25) is 4.79 Å². The molecule has 0 bridgehead atoms. The third kappa shape index (κ3) is 5.30. The van der Waals surface area contributed by atoms with Crippen molar-refractivity contribution in [2.45, 2.75) is 6.92 Å². The van der Waals surface area contributed by atoms with Crippen molar-refractivity contribution in [1.29, 1.82) is 0 Å². The standard InChI is InChI=1S/C19H25N5O3/c1-14-22-17(13-18(23-14)24-8-10-27-11-9-24)20-6-7-21-19(25)15-4-3-5-16(12-15)26-2/h3-5,12-13H,6-11H2,1-2H3,(H,21,25)(H,20,22,23). The average Bonchev–Trinajstić information content (AvgIpc) is 2.71. The molecule has 1 saturated heterocycles. The monoisotopic (exact) mass is 371 g/mol. The molecule has 1 amide bonds. The molecule has 0 unspecified atom stereocenters. The van der Waals surface area contributed by atoms with Crippen molar-refractivity contribution < 1.29 is 14.3 Å². The highest BCUT2D eigenvalue weighted by Gasteiger charge is 2.14. The van der Waals surface area contributed by atoms with E-state index in [0.29, 0.717) is 43.4 Å². The molecule has 0 atom stereocenters. The van der Waals surface area contributed by atoms with Gasteiger partial charge in [-0.1, -0.05) is 6.07 Å². The van der Waals surface area contributed by atoms with Crippen LogP contribution in [0.15, 0.2) is 30.3 Å². The van der Waals surface area contributed by atoms with Crippen LogP contribution < -0.4 is 20.3 Å². The predicted molar refractivity (Wildman–Crippen MR) is 104 cm³/mol. The zero-order valence-electron chi connectivity index (χ0n) is 15.7. The lowest BCUT2D eigenvalue weighted by Gasteiger charge is -2.28. The predicted octanol–water partition coefficient (Wildman–Crippen LogP) is 1.47. The number of amides is 1. The topological polar surface area (TPSA) is 88.6 Å². The Morgan fingerprint density at radius 2 is 2.04 bits per heavy atom. The average molecular weight is 371 g/mol. The van der Waals surface area contributed by atoms with Crippen LogP contribution in [0, 0.1) is 6.92 Å². The zero-order valence-corrected chi connectivity index (χ0v) is 15.7. The van der Waals surface area contributed by atoms with Gasteiger partial charge in [-0.05, 0) is 25.1 Å². The Kier molecular flexibility index (Phi) is 6.43. The number of carbonyl (C=O) groups excluding carboxylic acids is 1. The molecule has 2 aromatic rings. The number of aromatic nitrogens is 2. The smallest absolute Gasteiger partial charge is 0.251 e. The fourth-order valence-corrected chi connectivity index (χ4v) is 2.83. The van der Waals surface area contributed by atoms with Gasteiger partial charge < -0.3 is 25.0 Å². The summed E-state index contributed by atoms with van der Waals surface area (Å²) in [5.41, 5.74) is 0.571. The van der Waals surface area contributed by atoms with Crippen molar-refractivity contribution in [1.82, 2.24) is 15.3 Å². The lowest BCUT2D eigenvalue weighted by molar-refractivity contribution is 0.0955. The molecule has 0 saturated carbocycles. The van der Waals surface area contributed by atoms with Crippen molar-refractivity contribution in [2.24, 2.45) is 0 Å². The molecule has 144 valence electrons. The first-order valence-corrected chi connectivity index (χ1v) is 9.00. The van der Waals surface area contributed by atoms with Crippen LogP contribution >= 0.6 is 0 Å². The number of nitrogens with one attached hydrogen (secondary N) is 2. The van der Waals surface area contributed by atoms with E-state index in [1.807, 2.05) is 19.1 Å². The van der Waals surface area contributed by atoms with Crippen molar-refractivity contribution in [2.75, 3.05) is 56.7 Å². The lowest BCUT2D eigenvalue weighted by atomic mass is 10.2. The van der Waals surface area contributed by atoms with Gasteiger partial charge in [-0.15, -0.1) is 0 Å². The maximum Gasteiger partial charge on any atom is 0.251 e. The van der Waals surface area contributed by atoms with Gasteiger partial charge in [0.2, 0.25) is 0 Å². The highest BCUT2D eigenvalue weighted by molar-refractivity contribution is 5.94. The van der Waals surface area contributed by atoms with E-state index in [0.717, 1.165) is 24.7 Å². The van der Waals surface area contributed by atoms with Crippen molar-refractivity contribution in [3.63, 3.8) is 0 Å². The van der Waals surface area contributed by atoms with Crippen LogP contribution in [-0.4, -0.2) is 62.4 Å². The number of benzene rings is 1. The first kappa shape index (κ1) is 18.9. The molecule has 3 rings (SSSR count). The van der Waals surface area contributed by atoms with Crippen LogP contribution in [0.3, 0.4) is 0 Å². The number of hydrogen-bond donors (Lipinski definition) is 2. The van der Waals surface area contributed by atoms with E-state index in [4.69, 9.17) is 9.47 Å². The minimum atomic E-state index is -0.136. The van der Waals surface area contributed by atoms with Gasteiger partial charge in [0.15, 0.2) is 0 Å². The number of nitrogens with zero attached hydrogens (tertiary/aromatic N) is 3. The molecule has 8 nitrogen and oxygen atoms in total. The normalized spacial score (nSPS) is 13.9. The SMILES string of the molecule is COc1cccc(C(=O)NCCNc2cc(N3CCOCC3)nc(C)n2)c1. The number of carbonyl (C=O) groups is 1. The van der Waals surface area contributed by atoms with Gasteiger partial charge in [-0.25, -0.2) is 9.97 Å². The summed E-state index contributed by atoms with van der Waals surface area (Å²) in [5, 5.41) is 6.13. The van der Waals surface area contributed by atoms with Crippen LogP contribution in [0.2, 0.25) is 0 Å². The summed E-state index contributed by atoms with van der Waals surface area (Å²) in [5.74, 6) is 2.88. The Hall–Kier alpha value is -2.87. The molecule has 1 aromatic carbocycles. The summed E-state index contributed by atoms with van der Waals surface area (Å²) >= 11 is 0. The van der Waals surface area contributed by atoms with E-state index in [1.54, 1.807) is 25.3 Å². The third-order valence-corrected chi connectivity index (χ3v) is 4.21. The summed E-state index contributed by atoms with van der Waals surface area (Å²) < 4.78 is 10.5. The number of morpholine rings is 1. The second-order valence-electron chi connectivity index (χ2n) is 6.17. The Morgan fingerprint density at radius 1 is 1.22 bits per heavy atom. The highest BCUT2D eigenvalue weighted by Crippen LogP contribution is 2.17. The van der Waals surface area contributed by atoms with Gasteiger partial charge in [0.1, 0.15) is 23.2 Å². The largest absolute Gasteiger partial charge is 0.497 e. The molecule has 1 aromatic heterocycles. The molecular formula is C19H25N5O3. The van der Waals surface area contributed by atoms with Crippen LogP contribution in [0.25, 0.3) is 0 Å². The fourth-order valence-electron chi connectivity index (χ4n) is 2.83. The number of rotatable bonds is 7. The number of hydrogen-bond acceptors (Lipinski definition) is 7. The maximum atomic E-state index is 12.2. The molecule has 0 aliphatic carbocycles. The molecule has 27 heavy (non-hydrogen) atoms. The van der Waals surface area contributed by atoms with Gasteiger partial charge in [-0.2, -0.15) is 0 Å². The number of aryl methyl sites for hydroxylation is 1. The second kappa shape index (κ2) is 9.18. The third-order valence-electron chi connectivity index (χ3n) is 4.21. The molecule has 1 fully saturated rings. The van der Waals surface area contributed by atoms with Gasteiger partial charge in [0, 0.05) is 37.8 Å². The van der Waals surface area contributed by atoms with Crippen LogP contribution in [0.1, 0.15) is 16.2 Å². The minimum absolute atomic E-state index is 0.136. The molecular weight excluding hydrogens is 346 g/mol. The molecule has 8 heteroatoms. The van der Waals surface area contributed by atoms with Crippen molar-refractivity contribution in [3.05, 3.63) is 41.7 Å². The maximum absolute atomic E-state index is 12.2. The van der Waals surface area contributed by atoms with Crippen LogP contribution in [0.5, 0.6) is 5.75 Å². The zero-order chi connectivity index (χ0) is 19.1. The molecule has 1 aliphatic rings. The van der Waals surface area contributed by atoms with Crippen LogP contribution in [0.4, 0.5) is 11.6 Å². The summed E-state index contributed by atoms with van der Waals surface area (Å²) in [6, 6.07) is 9.01. The first-order valence-electron chi connectivity index (χ1n) is 9.00. The van der Waals surface area contributed by atoms with E-state index in [2.05, 4.69) is 25.5 Å². The Labute approximate surface area is 158 Å². The van der Waals surface area contributed by atoms with E-state index in [-0.39, 0.29) is 5.91 Å². The molecule has 2 N–H and O–H groups in total. The fraction of sp³-hybridized carbons (Fsp3) is 0.421. The summed E-state index contributed by atoms with van der Waals surface area (Å²) in [4.78, 5) is 23.3. The quantitative estimate of drug-likeness (QED) is 0.713. The highest BCUT2D eigenvalue weighted by atomic mass is 16.5. The van der Waals surface area contributed by atoms with Gasteiger partial charge >= 0.3 is 0 Å². The van der Waals surface area contributed by atoms with Crippen LogP contribution in [-0.2, 0) is 4.74 Å². The summed E-state index contributed by atoms with van der Waals surface area (Å²) in [6.07, 6.45) is 0. The molecule has 1 aliphatic heterocycles. The van der Waals surface area contributed by atoms with Crippen molar-refractivity contribution >= 4 is 17.5 Å². The van der Waals surface area contributed by atoms with E-state index in [1.165, 1.54) is 0 Å². The second-order valence-corrected chi connectivity index (χ2v) is 6.17. The van der Waals surface area contributed by atoms with E-state index < -0.39 is 0 Å². The van der Waals surface area contributed by atoms with Gasteiger partial charge in [0.25, 0.3) is 5.91 Å². The number of anilines is 2. The summed E-state index contributed by atoms with van der Waals surface area (Å²) in [7, 11) is 1.58. The lowest BCUT2D eigenvalue weighted by Crippen LogP contribution is -2.37. The number of methoxy groups -OCH3 is 1. The van der Waals surface area contributed by atoms with E-state index in [9.17, 15) is 4.79 Å². The molecule has 0 radical (unpaired) electrons. The van der Waals surface area contributed by atoms with Gasteiger partial charge in [0.05, 0.1) is 20.3 Å². The molecule has 0 spiro atoms. The van der Waals surface area contributed by atoms with Crippen molar-refractivity contribution in [3.8, 4) is 5.75 Å². The first-order chi connectivity index (χ1) is 13.2. The van der Waals surface area contributed by atoms with E-state index >= 15 is 0 Å².